The van der Waals surface area contributed by atoms with Crippen LogP contribution in [0.3, 0.4) is 0 Å². The summed E-state index contributed by atoms with van der Waals surface area (Å²) in [7, 11) is 0. The quantitative estimate of drug-likeness (QED) is 0.905. The van der Waals surface area contributed by atoms with Gasteiger partial charge < -0.3 is 9.73 Å². The number of benzene rings is 1. The van der Waals surface area contributed by atoms with Gasteiger partial charge in [0, 0.05) is 31.2 Å². The summed E-state index contributed by atoms with van der Waals surface area (Å²) >= 11 is 0. The van der Waals surface area contributed by atoms with E-state index in [1.807, 2.05) is 12.3 Å². The number of piperidine rings is 1. The maximum Gasteiger partial charge on any atom is 0.0947 e. The van der Waals surface area contributed by atoms with Gasteiger partial charge in [0.05, 0.1) is 12.5 Å². The van der Waals surface area contributed by atoms with Crippen LogP contribution in [0.15, 0.2) is 53.3 Å². The van der Waals surface area contributed by atoms with Gasteiger partial charge in [0.15, 0.2) is 0 Å². The standard InChI is InChI=1S/C17H22N2O/c1-2-5-15(6-3-1)12-19-9-4-7-17(13-19)18-11-16-8-10-20-14-16/h1-3,5-6,8,10,14,17-18H,4,7,9,11-13H2. The van der Waals surface area contributed by atoms with E-state index in [-0.39, 0.29) is 0 Å². The van der Waals surface area contributed by atoms with Gasteiger partial charge in [-0.15, -0.1) is 0 Å². The third-order valence-corrected chi connectivity index (χ3v) is 3.93. The van der Waals surface area contributed by atoms with Gasteiger partial charge in [0.1, 0.15) is 0 Å². The SMILES string of the molecule is c1ccc(CN2CCCC(NCc3ccoc3)C2)cc1. The lowest BCUT2D eigenvalue weighted by molar-refractivity contribution is 0.182. The molecule has 0 bridgehead atoms. The van der Waals surface area contributed by atoms with Gasteiger partial charge in [-0.3, -0.25) is 4.90 Å². The minimum absolute atomic E-state index is 0.586. The number of rotatable bonds is 5. The van der Waals surface area contributed by atoms with E-state index in [4.69, 9.17) is 4.42 Å². The average molecular weight is 270 g/mol. The Morgan fingerprint density at radius 3 is 2.85 bits per heavy atom. The molecule has 0 spiro atoms. The second kappa shape index (κ2) is 6.73. The Bertz CT molecular complexity index is 495. The van der Waals surface area contributed by atoms with E-state index in [1.165, 1.54) is 30.5 Å². The minimum atomic E-state index is 0.586. The molecule has 2 aromatic rings. The van der Waals surface area contributed by atoms with Crippen molar-refractivity contribution in [1.29, 1.82) is 0 Å². The third kappa shape index (κ3) is 3.71. The zero-order chi connectivity index (χ0) is 13.6. The fraction of sp³-hybridized carbons (Fsp3) is 0.412. The summed E-state index contributed by atoms with van der Waals surface area (Å²) in [6.07, 6.45) is 6.09. The summed E-state index contributed by atoms with van der Waals surface area (Å²) in [6.45, 7) is 4.30. The van der Waals surface area contributed by atoms with E-state index >= 15 is 0 Å². The Kier molecular flexibility index (Phi) is 4.51. The van der Waals surface area contributed by atoms with Crippen LogP contribution < -0.4 is 5.32 Å². The first-order valence-electron chi connectivity index (χ1n) is 7.41. The van der Waals surface area contributed by atoms with Crippen LogP contribution in [-0.4, -0.2) is 24.0 Å². The van der Waals surface area contributed by atoms with Crippen LogP contribution in [0, 0.1) is 0 Å². The predicted octanol–water partition coefficient (Wildman–Crippen LogP) is 3.03. The smallest absolute Gasteiger partial charge is 0.0947 e. The monoisotopic (exact) mass is 270 g/mol. The van der Waals surface area contributed by atoms with E-state index in [1.54, 1.807) is 6.26 Å². The first kappa shape index (κ1) is 13.4. The zero-order valence-corrected chi connectivity index (χ0v) is 11.8. The van der Waals surface area contributed by atoms with Crippen molar-refractivity contribution < 1.29 is 4.42 Å². The molecule has 1 aromatic heterocycles. The van der Waals surface area contributed by atoms with Gasteiger partial charge in [-0.05, 0) is 31.0 Å². The van der Waals surface area contributed by atoms with Crippen LogP contribution in [0.25, 0.3) is 0 Å². The topological polar surface area (TPSA) is 28.4 Å². The lowest BCUT2D eigenvalue weighted by Crippen LogP contribution is -2.44. The lowest BCUT2D eigenvalue weighted by Gasteiger charge is -2.33. The summed E-state index contributed by atoms with van der Waals surface area (Å²) in [4.78, 5) is 2.55. The number of nitrogens with one attached hydrogen (secondary N) is 1. The van der Waals surface area contributed by atoms with Crippen molar-refractivity contribution in [2.75, 3.05) is 13.1 Å². The first-order chi connectivity index (χ1) is 9.90. The third-order valence-electron chi connectivity index (χ3n) is 3.93. The Morgan fingerprint density at radius 2 is 2.05 bits per heavy atom. The highest BCUT2D eigenvalue weighted by atomic mass is 16.3. The molecule has 1 fully saturated rings. The fourth-order valence-electron chi connectivity index (χ4n) is 2.86. The van der Waals surface area contributed by atoms with E-state index in [0.717, 1.165) is 19.6 Å². The number of furan rings is 1. The van der Waals surface area contributed by atoms with Gasteiger partial charge in [0.2, 0.25) is 0 Å². The number of hydrogen-bond acceptors (Lipinski definition) is 3. The molecule has 0 saturated carbocycles. The van der Waals surface area contributed by atoms with Gasteiger partial charge in [-0.2, -0.15) is 0 Å². The van der Waals surface area contributed by atoms with E-state index in [0.29, 0.717) is 6.04 Å². The highest BCUT2D eigenvalue weighted by Crippen LogP contribution is 2.14. The molecule has 1 aliphatic rings. The maximum atomic E-state index is 5.10. The largest absolute Gasteiger partial charge is 0.472 e. The van der Waals surface area contributed by atoms with Crippen LogP contribution in [0.2, 0.25) is 0 Å². The van der Waals surface area contributed by atoms with Crippen molar-refractivity contribution in [2.45, 2.75) is 32.0 Å². The Morgan fingerprint density at radius 1 is 1.15 bits per heavy atom. The van der Waals surface area contributed by atoms with Crippen LogP contribution in [0.5, 0.6) is 0 Å². The molecule has 1 unspecified atom stereocenters. The molecular formula is C17H22N2O. The average Bonchev–Trinajstić information content (AvgIpc) is 3.00. The summed E-state index contributed by atoms with van der Waals surface area (Å²) in [5.41, 5.74) is 2.63. The minimum Gasteiger partial charge on any atom is -0.472 e. The Balaban J connectivity index is 1.49. The number of nitrogens with zero attached hydrogens (tertiary/aromatic N) is 1. The normalized spacial score (nSPS) is 20.1. The molecule has 106 valence electrons. The van der Waals surface area contributed by atoms with Crippen molar-refractivity contribution in [3.63, 3.8) is 0 Å². The van der Waals surface area contributed by atoms with E-state index in [9.17, 15) is 0 Å². The van der Waals surface area contributed by atoms with Crippen LogP contribution in [0.4, 0.5) is 0 Å². The molecule has 1 aromatic carbocycles. The molecular weight excluding hydrogens is 248 g/mol. The second-order valence-corrected chi connectivity index (χ2v) is 5.57. The molecule has 0 radical (unpaired) electrons. The van der Waals surface area contributed by atoms with Crippen LogP contribution in [0.1, 0.15) is 24.0 Å². The second-order valence-electron chi connectivity index (χ2n) is 5.57. The summed E-state index contributed by atoms with van der Waals surface area (Å²) in [6, 6.07) is 13.3. The molecule has 2 heterocycles. The van der Waals surface area contributed by atoms with Crippen molar-refractivity contribution in [1.82, 2.24) is 10.2 Å². The molecule has 20 heavy (non-hydrogen) atoms. The van der Waals surface area contributed by atoms with Gasteiger partial charge in [-0.25, -0.2) is 0 Å². The molecule has 3 heteroatoms. The van der Waals surface area contributed by atoms with E-state index < -0.39 is 0 Å². The Labute approximate surface area is 120 Å². The predicted molar refractivity (Wildman–Crippen MR) is 80.3 cm³/mol. The number of hydrogen-bond donors (Lipinski definition) is 1. The zero-order valence-electron chi connectivity index (χ0n) is 11.8. The summed E-state index contributed by atoms with van der Waals surface area (Å²) in [5.74, 6) is 0. The molecule has 0 amide bonds. The van der Waals surface area contributed by atoms with Crippen molar-refractivity contribution in [2.24, 2.45) is 0 Å². The summed E-state index contributed by atoms with van der Waals surface area (Å²) in [5, 5.41) is 3.64. The molecule has 1 atom stereocenters. The number of likely N-dealkylation sites (tertiary alicyclic amines) is 1. The summed E-state index contributed by atoms with van der Waals surface area (Å²) < 4.78 is 5.10. The van der Waals surface area contributed by atoms with Crippen LogP contribution >= 0.6 is 0 Å². The first-order valence-corrected chi connectivity index (χ1v) is 7.41. The molecule has 1 saturated heterocycles. The van der Waals surface area contributed by atoms with Gasteiger partial charge >= 0.3 is 0 Å². The van der Waals surface area contributed by atoms with Crippen molar-refractivity contribution in [3.8, 4) is 0 Å². The lowest BCUT2D eigenvalue weighted by atomic mass is 10.0. The highest BCUT2D eigenvalue weighted by molar-refractivity contribution is 5.14. The maximum absolute atomic E-state index is 5.10. The highest BCUT2D eigenvalue weighted by Gasteiger charge is 2.19. The van der Waals surface area contributed by atoms with E-state index in [2.05, 4.69) is 40.5 Å². The molecule has 1 aliphatic heterocycles. The van der Waals surface area contributed by atoms with Crippen LogP contribution in [-0.2, 0) is 13.1 Å². The van der Waals surface area contributed by atoms with Crippen molar-refractivity contribution >= 4 is 0 Å². The molecule has 3 nitrogen and oxygen atoms in total. The van der Waals surface area contributed by atoms with Crippen molar-refractivity contribution in [3.05, 3.63) is 60.1 Å². The fourth-order valence-corrected chi connectivity index (χ4v) is 2.86. The van der Waals surface area contributed by atoms with Gasteiger partial charge in [-0.1, -0.05) is 30.3 Å². The molecule has 0 aliphatic carbocycles. The Hall–Kier alpha value is -1.58. The molecule has 3 rings (SSSR count). The molecule has 1 N–H and O–H groups in total. The van der Waals surface area contributed by atoms with Gasteiger partial charge in [0.25, 0.3) is 0 Å².